The number of aryl methyl sites for hydroxylation is 3. The summed E-state index contributed by atoms with van der Waals surface area (Å²) in [6.45, 7) is 6.14. The first-order chi connectivity index (χ1) is 10.5. The molecule has 116 valence electrons. The highest BCUT2D eigenvalue weighted by Gasteiger charge is 2.10. The fraction of sp³-hybridized carbons (Fsp3) is 0.250. The quantitative estimate of drug-likeness (QED) is 0.667. The van der Waals surface area contributed by atoms with Crippen LogP contribution in [0.1, 0.15) is 26.4 Å². The summed E-state index contributed by atoms with van der Waals surface area (Å²) in [5.74, 6) is -0.263. The van der Waals surface area contributed by atoms with Gasteiger partial charge in [-0.2, -0.15) is 0 Å². The molecule has 0 radical (unpaired) electrons. The standard InChI is InChI=1S/C16H18N2O2S2/c1-10-7-11(2)15(12(3)8-10)22-9-14(19)17-18-16(20)13-5-4-6-21-13/h4-8H,9H2,1-3H3,(H,17,19)(H,18,20). The first-order valence-corrected chi connectivity index (χ1v) is 8.67. The van der Waals surface area contributed by atoms with Gasteiger partial charge in [-0.1, -0.05) is 23.8 Å². The molecule has 22 heavy (non-hydrogen) atoms. The third kappa shape index (κ3) is 4.35. The first-order valence-electron chi connectivity index (χ1n) is 6.80. The molecule has 0 atom stereocenters. The van der Waals surface area contributed by atoms with Crippen LogP contribution in [0.3, 0.4) is 0 Å². The zero-order valence-electron chi connectivity index (χ0n) is 12.7. The predicted molar refractivity (Wildman–Crippen MR) is 91.3 cm³/mol. The highest BCUT2D eigenvalue weighted by molar-refractivity contribution is 8.00. The van der Waals surface area contributed by atoms with E-state index in [0.717, 1.165) is 16.0 Å². The highest BCUT2D eigenvalue weighted by atomic mass is 32.2. The Morgan fingerprint density at radius 3 is 2.41 bits per heavy atom. The Morgan fingerprint density at radius 2 is 1.82 bits per heavy atom. The van der Waals surface area contributed by atoms with Crippen molar-refractivity contribution < 1.29 is 9.59 Å². The minimum atomic E-state index is -0.295. The van der Waals surface area contributed by atoms with Gasteiger partial charge in [0.1, 0.15) is 0 Å². The lowest BCUT2D eigenvalue weighted by Gasteiger charge is -2.11. The van der Waals surface area contributed by atoms with E-state index < -0.39 is 0 Å². The molecule has 0 saturated heterocycles. The van der Waals surface area contributed by atoms with Crippen molar-refractivity contribution in [3.8, 4) is 0 Å². The van der Waals surface area contributed by atoms with Crippen LogP contribution in [0.5, 0.6) is 0 Å². The lowest BCUT2D eigenvalue weighted by Crippen LogP contribution is -2.42. The summed E-state index contributed by atoms with van der Waals surface area (Å²) < 4.78 is 0. The van der Waals surface area contributed by atoms with Crippen molar-refractivity contribution in [1.29, 1.82) is 0 Å². The number of hydrogen-bond donors (Lipinski definition) is 2. The minimum Gasteiger partial charge on any atom is -0.272 e. The summed E-state index contributed by atoms with van der Waals surface area (Å²) in [4.78, 5) is 25.2. The second-order valence-corrected chi connectivity index (χ2v) is 6.93. The van der Waals surface area contributed by atoms with Gasteiger partial charge in [0.05, 0.1) is 10.6 Å². The minimum absolute atomic E-state index is 0.228. The summed E-state index contributed by atoms with van der Waals surface area (Å²) in [7, 11) is 0. The molecule has 0 bridgehead atoms. The van der Waals surface area contributed by atoms with Crippen molar-refractivity contribution in [3.63, 3.8) is 0 Å². The summed E-state index contributed by atoms with van der Waals surface area (Å²) in [5.41, 5.74) is 8.40. The van der Waals surface area contributed by atoms with Crippen molar-refractivity contribution in [2.75, 3.05) is 5.75 Å². The number of carbonyl (C=O) groups is 2. The van der Waals surface area contributed by atoms with Gasteiger partial charge in [-0.05, 0) is 43.3 Å². The summed E-state index contributed by atoms with van der Waals surface area (Å²) in [5, 5.41) is 1.82. The number of carbonyl (C=O) groups excluding carboxylic acids is 2. The Morgan fingerprint density at radius 1 is 1.14 bits per heavy atom. The zero-order chi connectivity index (χ0) is 16.1. The molecule has 4 nitrogen and oxygen atoms in total. The molecule has 2 rings (SSSR count). The maximum absolute atomic E-state index is 11.8. The summed E-state index contributed by atoms with van der Waals surface area (Å²) in [6, 6.07) is 7.71. The van der Waals surface area contributed by atoms with Gasteiger partial charge >= 0.3 is 0 Å². The Hall–Kier alpha value is -1.79. The number of hydrazine groups is 1. The molecular weight excluding hydrogens is 316 g/mol. The normalized spacial score (nSPS) is 10.3. The molecule has 1 aromatic carbocycles. The fourth-order valence-corrected chi connectivity index (χ4v) is 3.70. The monoisotopic (exact) mass is 334 g/mol. The zero-order valence-corrected chi connectivity index (χ0v) is 14.4. The molecular formula is C16H18N2O2S2. The molecule has 0 spiro atoms. The molecule has 0 aliphatic heterocycles. The van der Waals surface area contributed by atoms with E-state index in [1.165, 1.54) is 28.7 Å². The Labute approximate surface area is 138 Å². The SMILES string of the molecule is Cc1cc(C)c(SCC(=O)NNC(=O)c2cccs2)c(C)c1. The summed E-state index contributed by atoms with van der Waals surface area (Å²) >= 11 is 2.81. The number of thioether (sulfide) groups is 1. The number of amides is 2. The van der Waals surface area contributed by atoms with Gasteiger partial charge in [0.2, 0.25) is 5.91 Å². The Bertz CT molecular complexity index is 658. The van der Waals surface area contributed by atoms with Crippen molar-refractivity contribution in [2.24, 2.45) is 0 Å². The predicted octanol–water partition coefficient (Wildman–Crippen LogP) is 3.23. The fourth-order valence-electron chi connectivity index (χ4n) is 2.16. The average Bonchev–Trinajstić information content (AvgIpc) is 2.97. The molecule has 2 N–H and O–H groups in total. The molecule has 0 fully saturated rings. The van der Waals surface area contributed by atoms with Crippen molar-refractivity contribution in [2.45, 2.75) is 25.7 Å². The van der Waals surface area contributed by atoms with Gasteiger partial charge in [-0.3, -0.25) is 20.4 Å². The van der Waals surface area contributed by atoms with Crippen LogP contribution in [0.2, 0.25) is 0 Å². The maximum atomic E-state index is 11.8. The van der Waals surface area contributed by atoms with Gasteiger partial charge < -0.3 is 0 Å². The first kappa shape index (κ1) is 16.6. The number of benzene rings is 1. The molecule has 1 heterocycles. The van der Waals surface area contributed by atoms with E-state index in [1.807, 2.05) is 19.2 Å². The Kier molecular flexibility index (Phi) is 5.63. The molecule has 0 aliphatic carbocycles. The molecule has 0 saturated carbocycles. The van der Waals surface area contributed by atoms with Crippen LogP contribution in [0.25, 0.3) is 0 Å². The van der Waals surface area contributed by atoms with Crippen LogP contribution in [0.15, 0.2) is 34.5 Å². The average molecular weight is 334 g/mol. The van der Waals surface area contributed by atoms with E-state index in [2.05, 4.69) is 29.9 Å². The molecule has 2 aromatic rings. The van der Waals surface area contributed by atoms with Crippen LogP contribution >= 0.6 is 23.1 Å². The van der Waals surface area contributed by atoms with Gasteiger partial charge in [0.25, 0.3) is 5.91 Å². The number of hydrogen-bond acceptors (Lipinski definition) is 4. The summed E-state index contributed by atoms with van der Waals surface area (Å²) in [6.07, 6.45) is 0. The third-order valence-electron chi connectivity index (χ3n) is 3.01. The van der Waals surface area contributed by atoms with Crippen LogP contribution in [-0.2, 0) is 4.79 Å². The van der Waals surface area contributed by atoms with E-state index in [9.17, 15) is 9.59 Å². The van der Waals surface area contributed by atoms with Gasteiger partial charge in [0, 0.05) is 4.90 Å². The second-order valence-electron chi connectivity index (χ2n) is 5.00. The topological polar surface area (TPSA) is 58.2 Å². The van der Waals surface area contributed by atoms with Crippen LogP contribution in [-0.4, -0.2) is 17.6 Å². The van der Waals surface area contributed by atoms with Gasteiger partial charge in [0.15, 0.2) is 0 Å². The van der Waals surface area contributed by atoms with Crippen LogP contribution < -0.4 is 10.9 Å². The molecule has 6 heteroatoms. The second kappa shape index (κ2) is 7.47. The van der Waals surface area contributed by atoms with Gasteiger partial charge in [-0.15, -0.1) is 23.1 Å². The largest absolute Gasteiger partial charge is 0.279 e. The maximum Gasteiger partial charge on any atom is 0.279 e. The van der Waals surface area contributed by atoms with E-state index in [0.29, 0.717) is 4.88 Å². The Balaban J connectivity index is 1.85. The van der Waals surface area contributed by atoms with Crippen molar-refractivity contribution >= 4 is 34.9 Å². The molecule has 1 aromatic heterocycles. The number of nitrogens with one attached hydrogen (secondary N) is 2. The number of rotatable bonds is 4. The van der Waals surface area contributed by atoms with Gasteiger partial charge in [-0.25, -0.2) is 0 Å². The van der Waals surface area contributed by atoms with E-state index in [4.69, 9.17) is 0 Å². The van der Waals surface area contributed by atoms with Crippen LogP contribution in [0.4, 0.5) is 0 Å². The number of thiophene rings is 1. The third-order valence-corrected chi connectivity index (χ3v) is 5.22. The lowest BCUT2D eigenvalue weighted by molar-refractivity contribution is -0.119. The molecule has 2 amide bonds. The molecule has 0 unspecified atom stereocenters. The van der Waals surface area contributed by atoms with E-state index >= 15 is 0 Å². The van der Waals surface area contributed by atoms with Crippen molar-refractivity contribution in [3.05, 3.63) is 51.2 Å². The lowest BCUT2D eigenvalue weighted by atomic mass is 10.1. The smallest absolute Gasteiger partial charge is 0.272 e. The highest BCUT2D eigenvalue weighted by Crippen LogP contribution is 2.27. The molecule has 0 aliphatic rings. The van der Waals surface area contributed by atoms with Crippen molar-refractivity contribution in [1.82, 2.24) is 10.9 Å². The van der Waals surface area contributed by atoms with E-state index in [-0.39, 0.29) is 17.6 Å². The van der Waals surface area contributed by atoms with E-state index in [1.54, 1.807) is 12.1 Å². The van der Waals surface area contributed by atoms with Crippen LogP contribution in [0, 0.1) is 20.8 Å².